The highest BCUT2D eigenvalue weighted by atomic mass is 17.2. The fourth-order valence-corrected chi connectivity index (χ4v) is 6.70. The Morgan fingerprint density at radius 3 is 2.63 bits per heavy atom. The maximum absolute atomic E-state index is 13.5. The van der Waals surface area contributed by atoms with Gasteiger partial charge in [0.2, 0.25) is 5.91 Å². The minimum absolute atomic E-state index is 0.00832. The van der Waals surface area contributed by atoms with Crippen LogP contribution in [-0.4, -0.2) is 28.1 Å². The molecule has 2 aliphatic carbocycles. The normalized spacial score (nSPS) is 46.1. The highest BCUT2D eigenvalue weighted by Gasteiger charge is 2.69. The fraction of sp³-hybridized carbons (Fsp3) is 0.696. The number of nitrogens with zero attached hydrogens (tertiary/aromatic N) is 1. The van der Waals surface area contributed by atoms with E-state index < -0.39 is 0 Å². The lowest BCUT2D eigenvalue weighted by Crippen LogP contribution is -2.73. The molecule has 5 fully saturated rings. The summed E-state index contributed by atoms with van der Waals surface area (Å²) in [5.74, 6) is 1.65. The van der Waals surface area contributed by atoms with Crippen molar-refractivity contribution in [3.8, 4) is 0 Å². The van der Waals surface area contributed by atoms with Crippen LogP contribution in [0, 0.1) is 23.7 Å². The van der Waals surface area contributed by atoms with E-state index in [4.69, 9.17) is 9.78 Å². The van der Waals surface area contributed by atoms with Crippen LogP contribution >= 0.6 is 0 Å². The minimum atomic E-state index is -0.338. The zero-order valence-electron chi connectivity index (χ0n) is 16.7. The number of hydrogen-bond donors (Lipinski definition) is 0. The Bertz CT molecular complexity index is 736. The van der Waals surface area contributed by atoms with Crippen LogP contribution in [0.5, 0.6) is 0 Å². The summed E-state index contributed by atoms with van der Waals surface area (Å²) in [7, 11) is 0. The molecule has 1 amide bonds. The molecule has 3 heterocycles. The van der Waals surface area contributed by atoms with E-state index >= 15 is 0 Å². The van der Waals surface area contributed by atoms with E-state index in [1.54, 1.807) is 0 Å². The molecule has 2 bridgehead atoms. The third-order valence-corrected chi connectivity index (χ3v) is 8.14. The third kappa shape index (κ3) is 2.45. The molecule has 7 atom stereocenters. The molecule has 1 aromatic carbocycles. The van der Waals surface area contributed by atoms with Crippen LogP contribution in [0.3, 0.4) is 0 Å². The molecule has 5 aliphatic rings. The zero-order valence-corrected chi connectivity index (χ0v) is 16.7. The number of fused-ring (bicyclic) bond motifs is 2. The van der Waals surface area contributed by atoms with Crippen molar-refractivity contribution >= 4 is 5.91 Å². The standard InChI is InChI=1S/C23H31NO3/c1-15-9-10-19-16(2)21(25)24(14-17-7-5-4-6-8-17)20-13-22(3)12-11-18(15)23(19,20)27-26-22/h4-8,15-16,18-20H,9-14H2,1-3H3/t15-,16?,18?,19?,20?,22+,23-/m1/s1. The predicted molar refractivity (Wildman–Crippen MR) is 102 cm³/mol. The molecule has 4 heteroatoms. The minimum Gasteiger partial charge on any atom is -0.332 e. The summed E-state index contributed by atoms with van der Waals surface area (Å²) in [5.41, 5.74) is 0.572. The van der Waals surface area contributed by atoms with Gasteiger partial charge in [-0.15, -0.1) is 0 Å². The Balaban J connectivity index is 1.61. The van der Waals surface area contributed by atoms with Crippen molar-refractivity contribution in [3.05, 3.63) is 35.9 Å². The Kier molecular flexibility index (Phi) is 3.97. The van der Waals surface area contributed by atoms with Gasteiger partial charge in [-0.2, -0.15) is 0 Å². The predicted octanol–water partition coefficient (Wildman–Crippen LogP) is 4.34. The van der Waals surface area contributed by atoms with Gasteiger partial charge >= 0.3 is 0 Å². The largest absolute Gasteiger partial charge is 0.332 e. The maximum Gasteiger partial charge on any atom is 0.226 e. The van der Waals surface area contributed by atoms with E-state index in [2.05, 4.69) is 49.9 Å². The molecule has 0 N–H and O–H groups in total. The van der Waals surface area contributed by atoms with E-state index in [9.17, 15) is 4.79 Å². The number of piperidine rings is 1. The summed E-state index contributed by atoms with van der Waals surface area (Å²) in [6.07, 6.45) is 5.32. The molecule has 2 saturated carbocycles. The number of hydrogen-bond acceptors (Lipinski definition) is 3. The topological polar surface area (TPSA) is 38.8 Å². The van der Waals surface area contributed by atoms with Crippen LogP contribution in [0.25, 0.3) is 0 Å². The number of carbonyl (C=O) groups excluding carboxylic acids is 1. The van der Waals surface area contributed by atoms with Crippen molar-refractivity contribution in [3.63, 3.8) is 0 Å². The van der Waals surface area contributed by atoms with E-state index in [-0.39, 0.29) is 29.1 Å². The van der Waals surface area contributed by atoms with Gasteiger partial charge in [-0.3, -0.25) is 4.79 Å². The summed E-state index contributed by atoms with van der Waals surface area (Å²) in [6.45, 7) is 7.33. The van der Waals surface area contributed by atoms with Crippen molar-refractivity contribution < 1.29 is 14.6 Å². The van der Waals surface area contributed by atoms with Gasteiger partial charge in [-0.1, -0.05) is 44.2 Å². The van der Waals surface area contributed by atoms with Gasteiger partial charge in [0.25, 0.3) is 0 Å². The molecule has 1 aromatic rings. The first-order valence-electron chi connectivity index (χ1n) is 10.7. The van der Waals surface area contributed by atoms with Gasteiger partial charge in [-0.25, -0.2) is 9.78 Å². The van der Waals surface area contributed by atoms with Gasteiger partial charge in [0.05, 0.1) is 6.04 Å². The van der Waals surface area contributed by atoms with Crippen LogP contribution in [0.15, 0.2) is 30.3 Å². The van der Waals surface area contributed by atoms with Crippen LogP contribution in [0.4, 0.5) is 0 Å². The fourth-order valence-electron chi connectivity index (χ4n) is 6.70. The molecule has 4 nitrogen and oxygen atoms in total. The van der Waals surface area contributed by atoms with Crippen LogP contribution in [0.1, 0.15) is 58.4 Å². The molecular weight excluding hydrogens is 338 g/mol. The van der Waals surface area contributed by atoms with Crippen molar-refractivity contribution in [2.45, 2.75) is 76.7 Å². The average Bonchev–Trinajstić information content (AvgIpc) is 2.91. The van der Waals surface area contributed by atoms with Gasteiger partial charge in [0.1, 0.15) is 11.2 Å². The second kappa shape index (κ2) is 6.05. The Hall–Kier alpha value is -1.39. The van der Waals surface area contributed by atoms with E-state index in [1.165, 1.54) is 12.0 Å². The lowest BCUT2D eigenvalue weighted by molar-refractivity contribution is -0.467. The molecule has 4 unspecified atom stereocenters. The van der Waals surface area contributed by atoms with Crippen LogP contribution in [0.2, 0.25) is 0 Å². The van der Waals surface area contributed by atoms with Gasteiger partial charge in [-0.05, 0) is 50.0 Å². The molecule has 146 valence electrons. The second-order valence-corrected chi connectivity index (χ2v) is 9.74. The molecule has 0 radical (unpaired) electrons. The molecule has 3 aliphatic heterocycles. The Morgan fingerprint density at radius 2 is 1.85 bits per heavy atom. The Morgan fingerprint density at radius 1 is 1.07 bits per heavy atom. The number of carbonyl (C=O) groups is 1. The summed E-state index contributed by atoms with van der Waals surface area (Å²) in [5, 5.41) is 0. The van der Waals surface area contributed by atoms with E-state index in [0.717, 1.165) is 25.7 Å². The summed E-state index contributed by atoms with van der Waals surface area (Å²) < 4.78 is 0. The molecule has 1 spiro atoms. The smallest absolute Gasteiger partial charge is 0.226 e. The van der Waals surface area contributed by atoms with Crippen molar-refractivity contribution in [1.82, 2.24) is 4.90 Å². The van der Waals surface area contributed by atoms with E-state index in [1.807, 2.05) is 6.07 Å². The van der Waals surface area contributed by atoms with Gasteiger partial charge in [0.15, 0.2) is 0 Å². The summed E-state index contributed by atoms with van der Waals surface area (Å²) >= 11 is 0. The maximum atomic E-state index is 13.5. The lowest BCUT2D eigenvalue weighted by atomic mass is 9.55. The summed E-state index contributed by atoms with van der Waals surface area (Å²) in [6, 6.07) is 10.5. The van der Waals surface area contributed by atoms with Crippen molar-refractivity contribution in [2.75, 3.05) is 0 Å². The zero-order chi connectivity index (χ0) is 18.8. The van der Waals surface area contributed by atoms with Crippen molar-refractivity contribution in [2.24, 2.45) is 23.7 Å². The monoisotopic (exact) mass is 369 g/mol. The molecular formula is C23H31NO3. The number of amides is 1. The molecule has 6 rings (SSSR count). The first-order valence-corrected chi connectivity index (χ1v) is 10.7. The number of benzene rings is 1. The van der Waals surface area contributed by atoms with Gasteiger partial charge in [0, 0.05) is 24.8 Å². The number of rotatable bonds is 2. The SMILES string of the molecule is CC1C(=O)N(Cc2ccccc2)C2C[C@]3(C)CCC4[C@H](C)CCC1[C@]42OO3. The Labute approximate surface area is 162 Å². The highest BCUT2D eigenvalue weighted by Crippen LogP contribution is 2.61. The molecule has 27 heavy (non-hydrogen) atoms. The number of likely N-dealkylation sites (tertiary alicyclic amines) is 1. The van der Waals surface area contributed by atoms with Crippen LogP contribution < -0.4 is 0 Å². The third-order valence-electron chi connectivity index (χ3n) is 8.14. The highest BCUT2D eigenvalue weighted by molar-refractivity contribution is 5.81. The first kappa shape index (κ1) is 17.7. The lowest BCUT2D eigenvalue weighted by Gasteiger charge is -2.62. The summed E-state index contributed by atoms with van der Waals surface area (Å²) in [4.78, 5) is 28.1. The molecule has 3 saturated heterocycles. The van der Waals surface area contributed by atoms with Gasteiger partial charge < -0.3 is 4.90 Å². The van der Waals surface area contributed by atoms with Crippen LogP contribution in [-0.2, 0) is 21.1 Å². The second-order valence-electron chi connectivity index (χ2n) is 9.74. The van der Waals surface area contributed by atoms with Crippen molar-refractivity contribution in [1.29, 1.82) is 0 Å². The average molecular weight is 370 g/mol. The first-order chi connectivity index (χ1) is 12.9. The van der Waals surface area contributed by atoms with E-state index in [0.29, 0.717) is 24.3 Å². The quantitative estimate of drug-likeness (QED) is 0.728. The molecule has 0 aromatic heterocycles.